The van der Waals surface area contributed by atoms with E-state index in [0.29, 0.717) is 12.5 Å². The van der Waals surface area contributed by atoms with Crippen molar-refractivity contribution in [3.63, 3.8) is 0 Å². The van der Waals surface area contributed by atoms with Crippen molar-refractivity contribution in [2.24, 2.45) is 0 Å². The van der Waals surface area contributed by atoms with Crippen LogP contribution in [-0.2, 0) is 6.61 Å². The molecule has 6 heteroatoms. The highest BCUT2D eigenvalue weighted by molar-refractivity contribution is 5.57. The summed E-state index contributed by atoms with van der Waals surface area (Å²) in [7, 11) is 1.59. The molecule has 0 aliphatic heterocycles. The molecule has 0 atom stereocenters. The van der Waals surface area contributed by atoms with Crippen LogP contribution in [0.1, 0.15) is 5.56 Å². The summed E-state index contributed by atoms with van der Waals surface area (Å²) in [4.78, 5) is 8.75. The summed E-state index contributed by atoms with van der Waals surface area (Å²) in [6.07, 6.45) is 5.18. The second kappa shape index (κ2) is 7.70. The van der Waals surface area contributed by atoms with Crippen molar-refractivity contribution in [1.29, 1.82) is 0 Å². The first-order valence-corrected chi connectivity index (χ1v) is 8.51. The molecule has 134 valence electrons. The first-order valence-electron chi connectivity index (χ1n) is 8.51. The van der Waals surface area contributed by atoms with Crippen molar-refractivity contribution in [2.75, 3.05) is 7.11 Å². The number of rotatable bonds is 6. The van der Waals surface area contributed by atoms with Crippen LogP contribution >= 0.6 is 0 Å². The molecule has 0 fully saturated rings. The van der Waals surface area contributed by atoms with E-state index in [9.17, 15) is 0 Å². The molecule has 3 aromatic heterocycles. The van der Waals surface area contributed by atoms with Gasteiger partial charge >= 0.3 is 0 Å². The fraction of sp³-hybridized carbons (Fsp3) is 0.0952. The van der Waals surface area contributed by atoms with Crippen LogP contribution in [0, 0.1) is 0 Å². The molecule has 4 rings (SSSR count). The van der Waals surface area contributed by atoms with Gasteiger partial charge in [0.05, 0.1) is 42.8 Å². The highest BCUT2D eigenvalue weighted by Gasteiger charge is 2.10. The summed E-state index contributed by atoms with van der Waals surface area (Å²) in [6, 6.07) is 19.5. The van der Waals surface area contributed by atoms with E-state index in [1.54, 1.807) is 36.4 Å². The summed E-state index contributed by atoms with van der Waals surface area (Å²) in [5.41, 5.74) is 3.63. The molecule has 0 aliphatic rings. The quantitative estimate of drug-likeness (QED) is 0.523. The minimum absolute atomic E-state index is 0.511. The van der Waals surface area contributed by atoms with Crippen molar-refractivity contribution in [3.05, 3.63) is 84.8 Å². The zero-order valence-corrected chi connectivity index (χ0v) is 14.8. The molecule has 27 heavy (non-hydrogen) atoms. The number of pyridine rings is 2. The highest BCUT2D eigenvalue weighted by Crippen LogP contribution is 2.23. The Morgan fingerprint density at radius 2 is 1.78 bits per heavy atom. The van der Waals surface area contributed by atoms with Gasteiger partial charge in [-0.1, -0.05) is 30.3 Å². The van der Waals surface area contributed by atoms with Crippen molar-refractivity contribution in [3.8, 4) is 28.7 Å². The molecule has 0 saturated carbocycles. The lowest BCUT2D eigenvalue weighted by molar-refractivity contribution is 0.305. The Kier molecular flexibility index (Phi) is 4.78. The van der Waals surface area contributed by atoms with Crippen molar-refractivity contribution in [1.82, 2.24) is 19.7 Å². The topological polar surface area (TPSA) is 62.1 Å². The Bertz CT molecular complexity index is 997. The SMILES string of the molecule is COc1ccc(-n2nccc2-c2ccc(OCc3ccccc3)cn2)cn1. The minimum atomic E-state index is 0.511. The number of hydrogen-bond acceptors (Lipinski definition) is 5. The summed E-state index contributed by atoms with van der Waals surface area (Å²) < 4.78 is 12.7. The second-order valence-electron chi connectivity index (χ2n) is 5.84. The van der Waals surface area contributed by atoms with Gasteiger partial charge in [0.15, 0.2) is 0 Å². The monoisotopic (exact) mass is 358 g/mol. The molecule has 0 amide bonds. The van der Waals surface area contributed by atoms with Gasteiger partial charge in [-0.25, -0.2) is 9.67 Å². The first kappa shape index (κ1) is 16.8. The molecule has 0 unspecified atom stereocenters. The average molecular weight is 358 g/mol. The van der Waals surface area contributed by atoms with E-state index in [0.717, 1.165) is 28.4 Å². The van der Waals surface area contributed by atoms with Crippen LogP contribution in [0.25, 0.3) is 17.1 Å². The van der Waals surface area contributed by atoms with Gasteiger partial charge < -0.3 is 9.47 Å². The first-order chi connectivity index (χ1) is 13.3. The predicted molar refractivity (Wildman–Crippen MR) is 102 cm³/mol. The van der Waals surface area contributed by atoms with E-state index < -0.39 is 0 Å². The van der Waals surface area contributed by atoms with Crippen LogP contribution in [0.15, 0.2) is 79.3 Å². The maximum Gasteiger partial charge on any atom is 0.213 e. The van der Waals surface area contributed by atoms with Crippen LogP contribution in [0.2, 0.25) is 0 Å². The van der Waals surface area contributed by atoms with Gasteiger partial charge in [-0.3, -0.25) is 4.98 Å². The van der Waals surface area contributed by atoms with E-state index in [4.69, 9.17) is 9.47 Å². The molecule has 1 aromatic carbocycles. The van der Waals surface area contributed by atoms with Gasteiger partial charge in [0.1, 0.15) is 12.4 Å². The Morgan fingerprint density at radius 3 is 2.48 bits per heavy atom. The van der Waals surface area contributed by atoms with E-state index >= 15 is 0 Å². The lowest BCUT2D eigenvalue weighted by Crippen LogP contribution is -2.01. The average Bonchev–Trinajstić information content (AvgIpc) is 3.23. The molecule has 0 spiro atoms. The Balaban J connectivity index is 1.51. The number of methoxy groups -OCH3 is 1. The van der Waals surface area contributed by atoms with Crippen LogP contribution in [0.5, 0.6) is 11.6 Å². The summed E-state index contributed by atoms with van der Waals surface area (Å²) in [6.45, 7) is 0.511. The lowest BCUT2D eigenvalue weighted by atomic mass is 10.2. The van der Waals surface area contributed by atoms with E-state index in [1.165, 1.54) is 0 Å². The van der Waals surface area contributed by atoms with Gasteiger partial charge in [0.25, 0.3) is 0 Å². The molecule has 0 saturated heterocycles. The Morgan fingerprint density at radius 1 is 0.889 bits per heavy atom. The third-order valence-corrected chi connectivity index (χ3v) is 4.06. The maximum absolute atomic E-state index is 5.80. The molecule has 0 bridgehead atoms. The van der Waals surface area contributed by atoms with Gasteiger partial charge in [0.2, 0.25) is 5.88 Å². The third-order valence-electron chi connectivity index (χ3n) is 4.06. The molecule has 0 radical (unpaired) electrons. The molecule has 3 heterocycles. The molecule has 0 N–H and O–H groups in total. The van der Waals surface area contributed by atoms with Gasteiger partial charge in [-0.2, -0.15) is 5.10 Å². The van der Waals surface area contributed by atoms with Crippen molar-refractivity contribution >= 4 is 0 Å². The van der Waals surface area contributed by atoms with Crippen molar-refractivity contribution < 1.29 is 9.47 Å². The largest absolute Gasteiger partial charge is 0.487 e. The fourth-order valence-corrected chi connectivity index (χ4v) is 2.68. The third kappa shape index (κ3) is 3.79. The Hall–Kier alpha value is -3.67. The maximum atomic E-state index is 5.80. The smallest absolute Gasteiger partial charge is 0.213 e. The molecular weight excluding hydrogens is 340 g/mol. The molecular formula is C21H18N4O2. The zero-order chi connectivity index (χ0) is 18.5. The van der Waals surface area contributed by atoms with Crippen LogP contribution in [-0.4, -0.2) is 26.9 Å². The van der Waals surface area contributed by atoms with E-state index in [1.807, 2.05) is 54.6 Å². The fourth-order valence-electron chi connectivity index (χ4n) is 2.68. The minimum Gasteiger partial charge on any atom is -0.487 e. The number of aromatic nitrogens is 4. The normalized spacial score (nSPS) is 10.6. The summed E-state index contributed by atoms with van der Waals surface area (Å²) >= 11 is 0. The van der Waals surface area contributed by atoms with Gasteiger partial charge in [-0.05, 0) is 29.8 Å². The number of nitrogens with zero attached hydrogens (tertiary/aromatic N) is 4. The molecule has 4 aromatic rings. The summed E-state index contributed by atoms with van der Waals surface area (Å²) in [5.74, 6) is 1.28. The Labute approximate surface area is 157 Å². The predicted octanol–water partition coefficient (Wildman–Crippen LogP) is 3.92. The molecule has 6 nitrogen and oxygen atoms in total. The number of hydrogen-bond donors (Lipinski definition) is 0. The summed E-state index contributed by atoms with van der Waals surface area (Å²) in [5, 5.41) is 4.38. The van der Waals surface area contributed by atoms with Gasteiger partial charge in [-0.15, -0.1) is 0 Å². The molecule has 0 aliphatic carbocycles. The van der Waals surface area contributed by atoms with Crippen LogP contribution in [0.3, 0.4) is 0 Å². The zero-order valence-electron chi connectivity index (χ0n) is 14.8. The number of ether oxygens (including phenoxy) is 2. The van der Waals surface area contributed by atoms with E-state index in [2.05, 4.69) is 15.1 Å². The van der Waals surface area contributed by atoms with Crippen molar-refractivity contribution in [2.45, 2.75) is 6.61 Å². The van der Waals surface area contributed by atoms with Crippen LogP contribution < -0.4 is 9.47 Å². The van der Waals surface area contributed by atoms with Crippen LogP contribution in [0.4, 0.5) is 0 Å². The highest BCUT2D eigenvalue weighted by atomic mass is 16.5. The van der Waals surface area contributed by atoms with E-state index in [-0.39, 0.29) is 0 Å². The number of benzene rings is 1. The lowest BCUT2D eigenvalue weighted by Gasteiger charge is -2.09. The second-order valence-corrected chi connectivity index (χ2v) is 5.84. The van der Waals surface area contributed by atoms with Gasteiger partial charge in [0, 0.05) is 6.07 Å². The standard InChI is InChI=1S/C21H18N4O2/c1-26-21-10-7-17(13-23-21)25-20(11-12-24-25)19-9-8-18(14-22-19)27-15-16-5-3-2-4-6-16/h2-14H,15H2,1H3.